The predicted molar refractivity (Wildman–Crippen MR) is 76.6 cm³/mol. The molecule has 2 saturated heterocycles. The molecule has 2 aliphatic heterocycles. The Morgan fingerprint density at radius 1 is 1.40 bits per heavy atom. The van der Waals surface area contributed by atoms with Gasteiger partial charge in [-0.15, -0.1) is 0 Å². The third kappa shape index (κ3) is 2.43. The molecule has 2 fully saturated rings. The first kappa shape index (κ1) is 13.5. The molecule has 3 heterocycles. The van der Waals surface area contributed by atoms with Crippen LogP contribution in [0.2, 0.25) is 0 Å². The zero-order valence-corrected chi connectivity index (χ0v) is 11.9. The lowest BCUT2D eigenvalue weighted by Gasteiger charge is -2.39. The molecule has 3 rings (SSSR count). The maximum atomic E-state index is 12.3. The van der Waals surface area contributed by atoms with Crippen LogP contribution in [-0.4, -0.2) is 54.7 Å². The van der Waals surface area contributed by atoms with Crippen LogP contribution in [0.25, 0.3) is 0 Å². The molecular weight excluding hydrogens is 254 g/mol. The molecule has 0 radical (unpaired) electrons. The third-order valence-corrected chi connectivity index (χ3v) is 4.39. The van der Waals surface area contributed by atoms with Gasteiger partial charge in [-0.3, -0.25) is 14.7 Å². The van der Waals surface area contributed by atoms with Gasteiger partial charge in [-0.05, 0) is 25.0 Å². The summed E-state index contributed by atoms with van der Waals surface area (Å²) in [6, 6.07) is 4.62. The highest BCUT2D eigenvalue weighted by molar-refractivity contribution is 5.95. The fourth-order valence-electron chi connectivity index (χ4n) is 3.47. The fourth-order valence-corrected chi connectivity index (χ4v) is 3.47. The van der Waals surface area contributed by atoms with Crippen LogP contribution in [0.1, 0.15) is 19.3 Å². The van der Waals surface area contributed by atoms with E-state index in [1.165, 1.54) is 0 Å². The lowest BCUT2D eigenvalue weighted by Crippen LogP contribution is -2.52. The number of hydrogen-bond donors (Lipinski definition) is 0. The monoisotopic (exact) mass is 275 g/mol. The molecule has 20 heavy (non-hydrogen) atoms. The summed E-state index contributed by atoms with van der Waals surface area (Å²) < 4.78 is 5.18. The second-order valence-electron chi connectivity index (χ2n) is 5.47. The predicted octanol–water partition coefficient (Wildman–Crippen LogP) is 1.30. The molecular formula is C15H21N3O2. The number of carbonyl (C=O) groups is 1. The van der Waals surface area contributed by atoms with E-state index in [-0.39, 0.29) is 11.9 Å². The van der Waals surface area contributed by atoms with Gasteiger partial charge in [0.1, 0.15) is 0 Å². The molecule has 108 valence electrons. The smallest absolute Gasteiger partial charge is 0.227 e. The van der Waals surface area contributed by atoms with Crippen molar-refractivity contribution in [1.82, 2.24) is 9.88 Å². The van der Waals surface area contributed by atoms with E-state index in [9.17, 15) is 4.79 Å². The Balaban J connectivity index is 1.79. The zero-order valence-electron chi connectivity index (χ0n) is 11.9. The van der Waals surface area contributed by atoms with Crippen LogP contribution >= 0.6 is 0 Å². The Morgan fingerprint density at radius 2 is 2.30 bits per heavy atom. The molecule has 2 atom stereocenters. The number of piperidine rings is 1. The lowest BCUT2D eigenvalue weighted by molar-refractivity contribution is -0.120. The van der Waals surface area contributed by atoms with E-state index in [0.29, 0.717) is 12.5 Å². The van der Waals surface area contributed by atoms with Crippen LogP contribution in [0.5, 0.6) is 0 Å². The number of rotatable bonds is 4. The van der Waals surface area contributed by atoms with Gasteiger partial charge in [-0.25, -0.2) is 0 Å². The van der Waals surface area contributed by atoms with Crippen molar-refractivity contribution in [2.75, 3.05) is 31.7 Å². The van der Waals surface area contributed by atoms with Crippen LogP contribution in [0.15, 0.2) is 24.5 Å². The average molecular weight is 275 g/mol. The quantitative estimate of drug-likeness (QED) is 0.831. The zero-order chi connectivity index (χ0) is 13.9. The van der Waals surface area contributed by atoms with Crippen LogP contribution in [0.3, 0.4) is 0 Å². The summed E-state index contributed by atoms with van der Waals surface area (Å²) in [5.74, 6) is 0.229. The van der Waals surface area contributed by atoms with Crippen molar-refractivity contribution in [3.8, 4) is 0 Å². The summed E-state index contributed by atoms with van der Waals surface area (Å²) in [6.45, 7) is 2.75. The number of ether oxygens (including phenoxy) is 1. The van der Waals surface area contributed by atoms with Gasteiger partial charge in [0.15, 0.2) is 0 Å². The molecule has 0 unspecified atom stereocenters. The van der Waals surface area contributed by atoms with Crippen LogP contribution < -0.4 is 4.90 Å². The van der Waals surface area contributed by atoms with Crippen LogP contribution in [-0.2, 0) is 9.53 Å². The SMILES string of the molecule is COCCN1CC[C@@H]2[C@H]1CCC(=O)N2c1cccnc1. The summed E-state index contributed by atoms with van der Waals surface area (Å²) in [6.07, 6.45) is 6.16. The highest BCUT2D eigenvalue weighted by atomic mass is 16.5. The summed E-state index contributed by atoms with van der Waals surface area (Å²) >= 11 is 0. The van der Waals surface area contributed by atoms with Crippen molar-refractivity contribution in [2.45, 2.75) is 31.3 Å². The van der Waals surface area contributed by atoms with E-state index < -0.39 is 0 Å². The maximum absolute atomic E-state index is 12.3. The second kappa shape index (κ2) is 5.89. The minimum atomic E-state index is 0.229. The van der Waals surface area contributed by atoms with Gasteiger partial charge in [-0.1, -0.05) is 0 Å². The number of nitrogens with zero attached hydrogens (tertiary/aromatic N) is 3. The van der Waals surface area contributed by atoms with E-state index in [1.807, 2.05) is 17.0 Å². The molecule has 5 nitrogen and oxygen atoms in total. The number of anilines is 1. The Labute approximate surface area is 119 Å². The fraction of sp³-hybridized carbons (Fsp3) is 0.600. The number of fused-ring (bicyclic) bond motifs is 1. The van der Waals surface area contributed by atoms with Crippen molar-refractivity contribution in [1.29, 1.82) is 0 Å². The van der Waals surface area contributed by atoms with Crippen LogP contribution in [0, 0.1) is 0 Å². The normalized spacial score (nSPS) is 26.9. The topological polar surface area (TPSA) is 45.7 Å². The van der Waals surface area contributed by atoms with E-state index in [0.717, 1.165) is 38.2 Å². The highest BCUT2D eigenvalue weighted by Gasteiger charge is 2.43. The van der Waals surface area contributed by atoms with E-state index in [2.05, 4.69) is 9.88 Å². The summed E-state index contributed by atoms with van der Waals surface area (Å²) in [5, 5.41) is 0. The molecule has 0 aromatic carbocycles. The standard InChI is InChI=1S/C15H21N3O2/c1-20-10-9-17-8-6-14-13(17)4-5-15(19)18(14)12-3-2-7-16-11-12/h2-3,7,11,13-14H,4-6,8-10H2,1H3/t13-,14-/m1/s1. The van der Waals surface area contributed by atoms with Gasteiger partial charge in [0.2, 0.25) is 5.91 Å². The van der Waals surface area contributed by atoms with Crippen molar-refractivity contribution >= 4 is 11.6 Å². The van der Waals surface area contributed by atoms with Gasteiger partial charge >= 0.3 is 0 Å². The Hall–Kier alpha value is -1.46. The third-order valence-electron chi connectivity index (χ3n) is 4.39. The molecule has 1 aromatic rings. The van der Waals surface area contributed by atoms with Crippen molar-refractivity contribution in [3.05, 3.63) is 24.5 Å². The number of aromatic nitrogens is 1. The molecule has 0 bridgehead atoms. The Bertz CT molecular complexity index is 465. The summed E-state index contributed by atoms with van der Waals surface area (Å²) in [7, 11) is 1.74. The number of amides is 1. The lowest BCUT2D eigenvalue weighted by atomic mass is 9.95. The van der Waals surface area contributed by atoms with Gasteiger partial charge in [-0.2, -0.15) is 0 Å². The van der Waals surface area contributed by atoms with Gasteiger partial charge in [0.05, 0.1) is 24.5 Å². The maximum Gasteiger partial charge on any atom is 0.227 e. The first-order valence-electron chi connectivity index (χ1n) is 7.26. The molecule has 0 aliphatic carbocycles. The van der Waals surface area contributed by atoms with E-state index in [4.69, 9.17) is 4.74 Å². The number of likely N-dealkylation sites (tertiary alicyclic amines) is 1. The van der Waals surface area contributed by atoms with Gasteiger partial charge < -0.3 is 9.64 Å². The minimum absolute atomic E-state index is 0.229. The molecule has 0 N–H and O–H groups in total. The number of pyridine rings is 1. The van der Waals surface area contributed by atoms with E-state index in [1.54, 1.807) is 19.5 Å². The van der Waals surface area contributed by atoms with Gasteiger partial charge in [0, 0.05) is 38.9 Å². The summed E-state index contributed by atoms with van der Waals surface area (Å²) in [4.78, 5) is 20.9. The molecule has 5 heteroatoms. The largest absolute Gasteiger partial charge is 0.383 e. The average Bonchev–Trinajstić information content (AvgIpc) is 2.89. The highest BCUT2D eigenvalue weighted by Crippen LogP contribution is 2.34. The first-order valence-corrected chi connectivity index (χ1v) is 7.26. The van der Waals surface area contributed by atoms with Crippen molar-refractivity contribution < 1.29 is 9.53 Å². The number of hydrogen-bond acceptors (Lipinski definition) is 4. The molecule has 0 spiro atoms. The minimum Gasteiger partial charge on any atom is -0.383 e. The summed E-state index contributed by atoms with van der Waals surface area (Å²) in [5.41, 5.74) is 0.931. The second-order valence-corrected chi connectivity index (χ2v) is 5.47. The molecule has 0 saturated carbocycles. The molecule has 1 aromatic heterocycles. The number of carbonyl (C=O) groups excluding carboxylic acids is 1. The molecule has 1 amide bonds. The molecule has 2 aliphatic rings. The Kier molecular flexibility index (Phi) is 3.98. The van der Waals surface area contributed by atoms with E-state index >= 15 is 0 Å². The first-order chi connectivity index (χ1) is 9.81. The van der Waals surface area contributed by atoms with Gasteiger partial charge in [0.25, 0.3) is 0 Å². The van der Waals surface area contributed by atoms with Crippen molar-refractivity contribution in [2.24, 2.45) is 0 Å². The Morgan fingerprint density at radius 3 is 3.05 bits per heavy atom. The van der Waals surface area contributed by atoms with Crippen molar-refractivity contribution in [3.63, 3.8) is 0 Å². The van der Waals surface area contributed by atoms with Crippen LogP contribution in [0.4, 0.5) is 5.69 Å². The number of methoxy groups -OCH3 is 1.